The fraction of sp³-hybridized carbons (Fsp3) is 0.111. The van der Waals surface area contributed by atoms with Gasteiger partial charge in [0.2, 0.25) is 0 Å². The minimum absolute atomic E-state index is 0.575. The van der Waals surface area contributed by atoms with Gasteiger partial charge in [-0.05, 0) is 45.5 Å². The van der Waals surface area contributed by atoms with Crippen LogP contribution in [0.25, 0.3) is 0 Å². The van der Waals surface area contributed by atoms with Gasteiger partial charge in [-0.3, -0.25) is 0 Å². The molecular formula is C9H6ClIOS2. The van der Waals surface area contributed by atoms with E-state index in [9.17, 15) is 5.11 Å². The Morgan fingerprint density at radius 3 is 2.36 bits per heavy atom. The van der Waals surface area contributed by atoms with Crippen LogP contribution in [-0.2, 0) is 0 Å². The molecule has 0 aliphatic carbocycles. The highest BCUT2D eigenvalue weighted by Gasteiger charge is 2.18. The Balaban J connectivity index is 2.38. The smallest absolute Gasteiger partial charge is 0.125 e. The zero-order valence-electron chi connectivity index (χ0n) is 6.91. The van der Waals surface area contributed by atoms with E-state index in [-0.39, 0.29) is 0 Å². The van der Waals surface area contributed by atoms with Gasteiger partial charge in [-0.15, -0.1) is 22.7 Å². The second-order valence-corrected chi connectivity index (χ2v) is 6.13. The van der Waals surface area contributed by atoms with Gasteiger partial charge in [0.15, 0.2) is 0 Å². The van der Waals surface area contributed by atoms with E-state index in [2.05, 4.69) is 22.6 Å². The Kier molecular flexibility index (Phi) is 3.49. The minimum Gasteiger partial charge on any atom is -0.382 e. The van der Waals surface area contributed by atoms with Crippen molar-refractivity contribution in [3.8, 4) is 0 Å². The molecule has 0 fully saturated rings. The second kappa shape index (κ2) is 4.49. The molecule has 0 saturated heterocycles. The summed E-state index contributed by atoms with van der Waals surface area (Å²) < 4.78 is 1.09. The molecule has 5 heteroatoms. The molecule has 2 aromatic heterocycles. The molecule has 0 aromatic carbocycles. The maximum atomic E-state index is 10.1. The maximum Gasteiger partial charge on any atom is 0.125 e. The van der Waals surface area contributed by atoms with E-state index >= 15 is 0 Å². The molecule has 74 valence electrons. The van der Waals surface area contributed by atoms with Crippen LogP contribution in [0.4, 0.5) is 0 Å². The molecule has 1 nitrogen and oxygen atoms in total. The van der Waals surface area contributed by atoms with Gasteiger partial charge < -0.3 is 5.11 Å². The Labute approximate surface area is 108 Å². The van der Waals surface area contributed by atoms with Crippen LogP contribution >= 0.6 is 56.9 Å². The number of rotatable bonds is 2. The quantitative estimate of drug-likeness (QED) is 0.802. The highest BCUT2D eigenvalue weighted by molar-refractivity contribution is 14.1. The van der Waals surface area contributed by atoms with Gasteiger partial charge in [-0.1, -0.05) is 11.6 Å². The predicted molar refractivity (Wildman–Crippen MR) is 70.4 cm³/mol. The third-order valence-electron chi connectivity index (χ3n) is 1.79. The standard InChI is InChI=1S/C9H6ClIOS2/c10-5-1-3-13-8(5)7(12)9-6(11)2-4-14-9/h1-4,7,12H. The summed E-state index contributed by atoms with van der Waals surface area (Å²) in [5, 5.41) is 14.6. The van der Waals surface area contributed by atoms with E-state index in [4.69, 9.17) is 11.6 Å². The molecule has 14 heavy (non-hydrogen) atoms. The zero-order valence-corrected chi connectivity index (χ0v) is 11.5. The molecule has 0 radical (unpaired) electrons. The minimum atomic E-state index is -0.575. The van der Waals surface area contributed by atoms with Gasteiger partial charge >= 0.3 is 0 Å². The van der Waals surface area contributed by atoms with E-state index in [1.165, 1.54) is 11.3 Å². The molecule has 2 heterocycles. The van der Waals surface area contributed by atoms with E-state index in [1.54, 1.807) is 11.3 Å². The number of hydrogen-bond acceptors (Lipinski definition) is 3. The van der Waals surface area contributed by atoms with Crippen molar-refractivity contribution in [3.63, 3.8) is 0 Å². The zero-order chi connectivity index (χ0) is 10.1. The van der Waals surface area contributed by atoms with Gasteiger partial charge in [-0.2, -0.15) is 0 Å². The lowest BCUT2D eigenvalue weighted by molar-refractivity contribution is 0.227. The van der Waals surface area contributed by atoms with Crippen LogP contribution < -0.4 is 0 Å². The molecule has 0 spiro atoms. The summed E-state index contributed by atoms with van der Waals surface area (Å²) in [4.78, 5) is 1.79. The Morgan fingerprint density at radius 2 is 1.86 bits per heavy atom. The number of halogens is 2. The van der Waals surface area contributed by atoms with E-state index in [0.717, 1.165) is 13.3 Å². The highest BCUT2D eigenvalue weighted by atomic mass is 127. The van der Waals surface area contributed by atoms with Gasteiger partial charge in [0, 0.05) is 3.57 Å². The van der Waals surface area contributed by atoms with Crippen molar-refractivity contribution in [2.75, 3.05) is 0 Å². The molecule has 1 N–H and O–H groups in total. The summed E-state index contributed by atoms with van der Waals surface area (Å²) in [6, 6.07) is 3.80. The largest absolute Gasteiger partial charge is 0.382 e. The first-order valence-corrected chi connectivity index (χ1v) is 7.05. The average molecular weight is 357 g/mol. The van der Waals surface area contributed by atoms with E-state index in [0.29, 0.717) is 5.02 Å². The van der Waals surface area contributed by atoms with E-state index in [1.807, 2.05) is 22.9 Å². The maximum absolute atomic E-state index is 10.1. The Hall–Kier alpha value is 0.380. The van der Waals surface area contributed by atoms with Crippen molar-refractivity contribution < 1.29 is 5.11 Å². The van der Waals surface area contributed by atoms with Crippen LogP contribution in [0, 0.1) is 3.57 Å². The number of aliphatic hydroxyl groups excluding tert-OH is 1. The van der Waals surface area contributed by atoms with Crippen LogP contribution in [0.2, 0.25) is 5.02 Å². The fourth-order valence-electron chi connectivity index (χ4n) is 1.12. The SMILES string of the molecule is OC(c1sccc1Cl)c1sccc1I. The highest BCUT2D eigenvalue weighted by Crippen LogP contribution is 2.36. The topological polar surface area (TPSA) is 20.2 Å². The Bertz CT molecular complexity index is 397. The molecule has 0 amide bonds. The third-order valence-corrected chi connectivity index (χ3v) is 5.47. The lowest BCUT2D eigenvalue weighted by Gasteiger charge is -2.07. The molecule has 0 saturated carbocycles. The molecule has 1 atom stereocenters. The van der Waals surface area contributed by atoms with Crippen molar-refractivity contribution >= 4 is 56.9 Å². The lowest BCUT2D eigenvalue weighted by Crippen LogP contribution is -1.96. The molecule has 0 aliphatic rings. The summed E-state index contributed by atoms with van der Waals surface area (Å²) >= 11 is 11.2. The summed E-state index contributed by atoms with van der Waals surface area (Å²) in [7, 11) is 0. The molecular weight excluding hydrogens is 351 g/mol. The van der Waals surface area contributed by atoms with Gasteiger partial charge in [-0.25, -0.2) is 0 Å². The number of aliphatic hydroxyl groups is 1. The van der Waals surface area contributed by atoms with Crippen LogP contribution in [0.5, 0.6) is 0 Å². The van der Waals surface area contributed by atoms with Crippen LogP contribution in [0.15, 0.2) is 22.9 Å². The first-order valence-electron chi connectivity index (χ1n) is 3.84. The summed E-state index contributed by atoms with van der Waals surface area (Å²) in [5.74, 6) is 0. The molecule has 0 aliphatic heterocycles. The molecule has 1 unspecified atom stereocenters. The molecule has 0 bridgehead atoms. The summed E-state index contributed by atoms with van der Waals surface area (Å²) in [6.07, 6.45) is -0.575. The molecule has 2 rings (SSSR count). The normalized spacial score (nSPS) is 13.1. The van der Waals surface area contributed by atoms with Crippen LogP contribution in [0.3, 0.4) is 0 Å². The van der Waals surface area contributed by atoms with Gasteiger partial charge in [0.05, 0.1) is 14.8 Å². The van der Waals surface area contributed by atoms with Crippen LogP contribution in [0.1, 0.15) is 15.9 Å². The monoisotopic (exact) mass is 356 g/mol. The second-order valence-electron chi connectivity index (χ2n) is 2.67. The summed E-state index contributed by atoms with van der Waals surface area (Å²) in [6.45, 7) is 0. The number of hydrogen-bond donors (Lipinski definition) is 1. The van der Waals surface area contributed by atoms with Crippen molar-refractivity contribution in [3.05, 3.63) is 41.2 Å². The van der Waals surface area contributed by atoms with Crippen LogP contribution in [-0.4, -0.2) is 5.11 Å². The first kappa shape index (κ1) is 10.9. The van der Waals surface area contributed by atoms with E-state index < -0.39 is 6.10 Å². The van der Waals surface area contributed by atoms with Gasteiger partial charge in [0.1, 0.15) is 6.10 Å². The third kappa shape index (κ3) is 1.99. The average Bonchev–Trinajstić information content (AvgIpc) is 2.73. The lowest BCUT2D eigenvalue weighted by atomic mass is 10.2. The fourth-order valence-corrected chi connectivity index (χ4v) is 4.23. The molecule has 2 aromatic rings. The van der Waals surface area contributed by atoms with Crippen molar-refractivity contribution in [1.29, 1.82) is 0 Å². The van der Waals surface area contributed by atoms with Crippen molar-refractivity contribution in [2.45, 2.75) is 6.10 Å². The Morgan fingerprint density at radius 1 is 1.21 bits per heavy atom. The predicted octanol–water partition coefficient (Wildman–Crippen LogP) is 4.15. The van der Waals surface area contributed by atoms with Gasteiger partial charge in [0.25, 0.3) is 0 Å². The number of thiophene rings is 2. The summed E-state index contributed by atoms with van der Waals surface area (Å²) in [5.41, 5.74) is 0. The first-order chi connectivity index (χ1) is 6.70. The van der Waals surface area contributed by atoms with Crippen molar-refractivity contribution in [2.24, 2.45) is 0 Å². The van der Waals surface area contributed by atoms with Crippen molar-refractivity contribution in [1.82, 2.24) is 0 Å².